The van der Waals surface area contributed by atoms with E-state index in [4.69, 9.17) is 5.41 Å². The van der Waals surface area contributed by atoms with Crippen LogP contribution in [0.1, 0.15) is 43.7 Å². The standard InChI is InChI=1S/C20H24N2O/c1-2-17-7-5-6-12-22(17)20(23)13-15-10-11-16(14-21)19-9-4-3-8-18(15)19/h3-4,8-11,14,17,21H,2,5-7,12-13H2,1H3. The fourth-order valence-electron chi connectivity index (χ4n) is 3.68. The van der Waals surface area contributed by atoms with Gasteiger partial charge >= 0.3 is 0 Å². The molecule has 3 rings (SSSR count). The molecule has 0 aromatic heterocycles. The Morgan fingerprint density at radius 3 is 2.74 bits per heavy atom. The van der Waals surface area contributed by atoms with E-state index in [1.165, 1.54) is 12.6 Å². The minimum Gasteiger partial charge on any atom is -0.339 e. The van der Waals surface area contributed by atoms with Crippen LogP contribution < -0.4 is 0 Å². The van der Waals surface area contributed by atoms with E-state index >= 15 is 0 Å². The molecule has 23 heavy (non-hydrogen) atoms. The minimum atomic E-state index is 0.240. The van der Waals surface area contributed by atoms with Crippen LogP contribution in [0.4, 0.5) is 0 Å². The van der Waals surface area contributed by atoms with Crippen molar-refractivity contribution >= 4 is 22.9 Å². The maximum Gasteiger partial charge on any atom is 0.227 e. The third-order valence-corrected chi connectivity index (χ3v) is 4.96. The van der Waals surface area contributed by atoms with Crippen LogP contribution in [0, 0.1) is 5.41 Å². The molecule has 1 heterocycles. The number of fused-ring (bicyclic) bond motifs is 1. The Balaban J connectivity index is 1.89. The molecule has 0 radical (unpaired) electrons. The lowest BCUT2D eigenvalue weighted by molar-refractivity contribution is -0.134. The van der Waals surface area contributed by atoms with E-state index < -0.39 is 0 Å². The molecular weight excluding hydrogens is 284 g/mol. The highest BCUT2D eigenvalue weighted by molar-refractivity contribution is 6.01. The predicted octanol–water partition coefficient (Wildman–Crippen LogP) is 4.17. The van der Waals surface area contributed by atoms with Crippen LogP contribution in [-0.4, -0.2) is 29.6 Å². The van der Waals surface area contributed by atoms with Crippen molar-refractivity contribution in [3.05, 3.63) is 47.5 Å². The number of benzene rings is 2. The smallest absolute Gasteiger partial charge is 0.227 e. The summed E-state index contributed by atoms with van der Waals surface area (Å²) in [4.78, 5) is 14.9. The van der Waals surface area contributed by atoms with E-state index in [1.54, 1.807) is 0 Å². The van der Waals surface area contributed by atoms with Crippen LogP contribution in [0.25, 0.3) is 10.8 Å². The van der Waals surface area contributed by atoms with E-state index in [9.17, 15) is 4.79 Å². The largest absolute Gasteiger partial charge is 0.339 e. The number of amides is 1. The van der Waals surface area contributed by atoms with Crippen molar-refractivity contribution in [2.24, 2.45) is 0 Å². The number of hydrogen-bond acceptors (Lipinski definition) is 2. The average Bonchev–Trinajstić information content (AvgIpc) is 2.62. The SMILES string of the molecule is CCC1CCCCN1C(=O)Cc1ccc(C=N)c2ccccc12. The van der Waals surface area contributed by atoms with Gasteiger partial charge in [-0.2, -0.15) is 0 Å². The Labute approximate surface area is 137 Å². The van der Waals surface area contributed by atoms with Gasteiger partial charge in [0, 0.05) is 18.8 Å². The quantitative estimate of drug-likeness (QED) is 0.846. The lowest BCUT2D eigenvalue weighted by atomic mass is 9.96. The first-order valence-electron chi connectivity index (χ1n) is 8.55. The van der Waals surface area contributed by atoms with E-state index in [2.05, 4.69) is 17.9 Å². The van der Waals surface area contributed by atoms with Crippen LogP contribution in [-0.2, 0) is 11.2 Å². The Bertz CT molecular complexity index is 723. The number of carbonyl (C=O) groups excluding carboxylic acids is 1. The maximum atomic E-state index is 12.8. The molecule has 2 aromatic carbocycles. The van der Waals surface area contributed by atoms with Crippen molar-refractivity contribution in [3.63, 3.8) is 0 Å². The molecule has 1 aliphatic heterocycles. The Morgan fingerprint density at radius 2 is 2.00 bits per heavy atom. The number of piperidine rings is 1. The van der Waals surface area contributed by atoms with Gasteiger partial charge in [0.25, 0.3) is 0 Å². The van der Waals surface area contributed by atoms with Gasteiger partial charge in [-0.3, -0.25) is 4.79 Å². The second kappa shape index (κ2) is 6.95. The molecule has 1 unspecified atom stereocenters. The summed E-state index contributed by atoms with van der Waals surface area (Å²) in [5.74, 6) is 0.240. The van der Waals surface area contributed by atoms with Crippen LogP contribution in [0.3, 0.4) is 0 Å². The number of nitrogens with zero attached hydrogens (tertiary/aromatic N) is 1. The molecule has 1 saturated heterocycles. The maximum absolute atomic E-state index is 12.8. The molecule has 3 nitrogen and oxygen atoms in total. The Morgan fingerprint density at radius 1 is 1.22 bits per heavy atom. The zero-order chi connectivity index (χ0) is 16.2. The summed E-state index contributed by atoms with van der Waals surface area (Å²) >= 11 is 0. The van der Waals surface area contributed by atoms with Gasteiger partial charge in [-0.1, -0.05) is 43.3 Å². The van der Waals surface area contributed by atoms with E-state index in [1.807, 2.05) is 30.3 Å². The molecule has 2 aromatic rings. The third-order valence-electron chi connectivity index (χ3n) is 4.96. The van der Waals surface area contributed by atoms with Crippen molar-refractivity contribution < 1.29 is 4.79 Å². The van der Waals surface area contributed by atoms with Crippen molar-refractivity contribution in [1.29, 1.82) is 5.41 Å². The van der Waals surface area contributed by atoms with Gasteiger partial charge in [0.1, 0.15) is 0 Å². The zero-order valence-corrected chi connectivity index (χ0v) is 13.7. The normalized spacial score (nSPS) is 18.1. The molecule has 0 spiro atoms. The van der Waals surface area contributed by atoms with Crippen molar-refractivity contribution in [2.75, 3.05) is 6.54 Å². The number of nitrogens with one attached hydrogen (secondary N) is 1. The zero-order valence-electron chi connectivity index (χ0n) is 13.7. The predicted molar refractivity (Wildman–Crippen MR) is 95.2 cm³/mol. The molecule has 1 atom stereocenters. The fraction of sp³-hybridized carbons (Fsp3) is 0.400. The lowest BCUT2D eigenvalue weighted by Crippen LogP contribution is -2.44. The topological polar surface area (TPSA) is 44.2 Å². The third kappa shape index (κ3) is 3.14. The summed E-state index contributed by atoms with van der Waals surface area (Å²) in [6.45, 7) is 3.07. The first-order chi connectivity index (χ1) is 11.2. The van der Waals surface area contributed by atoms with E-state index in [-0.39, 0.29) is 5.91 Å². The number of hydrogen-bond donors (Lipinski definition) is 1. The summed E-state index contributed by atoms with van der Waals surface area (Å²) in [5.41, 5.74) is 1.97. The van der Waals surface area contributed by atoms with Crippen LogP contribution in [0.2, 0.25) is 0 Å². The summed E-state index contributed by atoms with van der Waals surface area (Å²) < 4.78 is 0. The summed E-state index contributed by atoms with van der Waals surface area (Å²) in [6, 6.07) is 12.4. The molecule has 0 bridgehead atoms. The van der Waals surface area contributed by atoms with Crippen LogP contribution in [0.15, 0.2) is 36.4 Å². The fourth-order valence-corrected chi connectivity index (χ4v) is 3.68. The van der Waals surface area contributed by atoms with E-state index in [0.717, 1.165) is 47.7 Å². The van der Waals surface area contributed by atoms with Gasteiger partial charge in [0.2, 0.25) is 5.91 Å². The highest BCUT2D eigenvalue weighted by Crippen LogP contribution is 2.25. The Kier molecular flexibility index (Phi) is 4.75. The van der Waals surface area contributed by atoms with Crippen molar-refractivity contribution in [2.45, 2.75) is 45.1 Å². The molecule has 120 valence electrons. The second-order valence-electron chi connectivity index (χ2n) is 6.33. The molecule has 3 heteroatoms. The molecule has 1 fully saturated rings. The van der Waals surface area contributed by atoms with Gasteiger partial charge in [0.15, 0.2) is 0 Å². The Hall–Kier alpha value is -2.16. The average molecular weight is 308 g/mol. The molecular formula is C20H24N2O. The molecule has 1 aliphatic rings. The minimum absolute atomic E-state index is 0.240. The van der Waals surface area contributed by atoms with Crippen LogP contribution in [0.5, 0.6) is 0 Å². The van der Waals surface area contributed by atoms with Gasteiger partial charge in [-0.25, -0.2) is 0 Å². The number of carbonyl (C=O) groups is 1. The van der Waals surface area contributed by atoms with E-state index in [0.29, 0.717) is 12.5 Å². The first kappa shape index (κ1) is 15.7. The molecule has 0 aliphatic carbocycles. The van der Waals surface area contributed by atoms with Crippen molar-refractivity contribution in [1.82, 2.24) is 4.90 Å². The monoisotopic (exact) mass is 308 g/mol. The van der Waals surface area contributed by atoms with Gasteiger partial charge < -0.3 is 10.3 Å². The second-order valence-corrected chi connectivity index (χ2v) is 6.33. The molecule has 1 N–H and O–H groups in total. The highest BCUT2D eigenvalue weighted by Gasteiger charge is 2.25. The van der Waals surface area contributed by atoms with Crippen LogP contribution >= 0.6 is 0 Å². The first-order valence-corrected chi connectivity index (χ1v) is 8.55. The van der Waals surface area contributed by atoms with Gasteiger partial charge in [-0.05, 0) is 47.6 Å². The number of likely N-dealkylation sites (tertiary alicyclic amines) is 1. The summed E-state index contributed by atoms with van der Waals surface area (Å²) in [7, 11) is 0. The summed E-state index contributed by atoms with van der Waals surface area (Å²) in [5, 5.41) is 9.69. The van der Waals surface area contributed by atoms with Gasteiger partial charge in [-0.15, -0.1) is 0 Å². The highest BCUT2D eigenvalue weighted by atomic mass is 16.2. The van der Waals surface area contributed by atoms with Crippen molar-refractivity contribution in [3.8, 4) is 0 Å². The summed E-state index contributed by atoms with van der Waals surface area (Å²) in [6.07, 6.45) is 6.37. The lowest BCUT2D eigenvalue weighted by Gasteiger charge is -2.35. The number of rotatable bonds is 4. The molecule has 0 saturated carbocycles. The van der Waals surface area contributed by atoms with Gasteiger partial charge in [0.05, 0.1) is 6.42 Å². The molecule has 1 amide bonds.